The quantitative estimate of drug-likeness (QED) is 0.204. The Bertz CT molecular complexity index is 1840. The lowest BCUT2D eigenvalue weighted by Gasteiger charge is -2.19. The van der Waals surface area contributed by atoms with Crippen molar-refractivity contribution in [1.29, 1.82) is 0 Å². The smallest absolute Gasteiger partial charge is 0.116 e. The van der Waals surface area contributed by atoms with Gasteiger partial charge in [-0.05, 0) is 83.2 Å². The first kappa shape index (κ1) is 21.4. The van der Waals surface area contributed by atoms with Gasteiger partial charge < -0.3 is 5.11 Å². The second-order valence-corrected chi connectivity index (χ2v) is 9.19. The highest BCUT2D eigenvalue weighted by Crippen LogP contribution is 2.42. The van der Waals surface area contributed by atoms with Crippen molar-refractivity contribution >= 4 is 53.9 Å². The van der Waals surface area contributed by atoms with Gasteiger partial charge in [-0.3, -0.25) is 0 Å². The average molecular weight is 453 g/mol. The SMILES string of the molecule is CC.CC(c1ccc2cc(O)ccc2c1)c1cc2cccc3c4cccc5cccc(c(c1)c23)c54. The number of fused-ring (bicyclic) bond motifs is 3. The fraction of sp³-hybridized carbons (Fsp3) is 0.118. The number of phenolic OH excluding ortho intramolecular Hbond substituents is 1. The number of hydrogen-bond acceptors (Lipinski definition) is 1. The van der Waals surface area contributed by atoms with Crippen molar-refractivity contribution in [3.05, 3.63) is 114 Å². The molecule has 7 aromatic rings. The molecular formula is C34H28O. The first-order valence-corrected chi connectivity index (χ1v) is 12.5. The van der Waals surface area contributed by atoms with Crippen LogP contribution in [0.4, 0.5) is 0 Å². The molecule has 0 spiro atoms. The van der Waals surface area contributed by atoms with Crippen molar-refractivity contribution in [1.82, 2.24) is 0 Å². The van der Waals surface area contributed by atoms with Gasteiger partial charge in [-0.2, -0.15) is 0 Å². The summed E-state index contributed by atoms with van der Waals surface area (Å²) in [6, 6.07) is 36.9. The largest absolute Gasteiger partial charge is 0.508 e. The van der Waals surface area contributed by atoms with Crippen LogP contribution in [0.25, 0.3) is 53.9 Å². The first-order valence-electron chi connectivity index (χ1n) is 12.5. The van der Waals surface area contributed by atoms with E-state index in [4.69, 9.17) is 0 Å². The van der Waals surface area contributed by atoms with Crippen LogP contribution in [0.3, 0.4) is 0 Å². The molecular weight excluding hydrogens is 424 g/mol. The molecule has 1 atom stereocenters. The maximum Gasteiger partial charge on any atom is 0.116 e. The van der Waals surface area contributed by atoms with Gasteiger partial charge in [0.25, 0.3) is 0 Å². The minimum Gasteiger partial charge on any atom is -0.508 e. The summed E-state index contributed by atoms with van der Waals surface area (Å²) in [6.45, 7) is 6.29. The second kappa shape index (κ2) is 8.29. The van der Waals surface area contributed by atoms with Crippen LogP contribution in [0, 0.1) is 0 Å². The van der Waals surface area contributed by atoms with E-state index in [0.29, 0.717) is 5.75 Å². The van der Waals surface area contributed by atoms with E-state index in [0.717, 1.165) is 10.8 Å². The Morgan fingerprint density at radius 2 is 1.03 bits per heavy atom. The first-order chi connectivity index (χ1) is 17.2. The molecule has 0 aliphatic rings. The molecule has 0 bridgehead atoms. The van der Waals surface area contributed by atoms with Crippen LogP contribution >= 0.6 is 0 Å². The number of benzene rings is 7. The van der Waals surface area contributed by atoms with E-state index in [2.05, 4.69) is 91.9 Å². The normalized spacial score (nSPS) is 12.4. The molecule has 1 nitrogen and oxygen atoms in total. The van der Waals surface area contributed by atoms with Crippen LogP contribution in [0.5, 0.6) is 5.75 Å². The van der Waals surface area contributed by atoms with Gasteiger partial charge >= 0.3 is 0 Å². The Labute approximate surface area is 205 Å². The van der Waals surface area contributed by atoms with Crippen LogP contribution < -0.4 is 0 Å². The number of phenols is 1. The highest BCUT2D eigenvalue weighted by atomic mass is 16.3. The lowest BCUT2D eigenvalue weighted by molar-refractivity contribution is 0.476. The second-order valence-electron chi connectivity index (χ2n) is 9.19. The Kier molecular flexibility index (Phi) is 5.07. The molecule has 7 rings (SSSR count). The van der Waals surface area contributed by atoms with Crippen LogP contribution in [-0.2, 0) is 0 Å². The monoisotopic (exact) mass is 452 g/mol. The Morgan fingerprint density at radius 1 is 0.486 bits per heavy atom. The summed E-state index contributed by atoms with van der Waals surface area (Å²) in [7, 11) is 0. The third-order valence-corrected chi connectivity index (χ3v) is 7.33. The summed E-state index contributed by atoms with van der Waals surface area (Å²) < 4.78 is 0. The molecule has 0 saturated heterocycles. The summed E-state index contributed by atoms with van der Waals surface area (Å²) in [5.41, 5.74) is 2.61. The molecule has 0 heterocycles. The van der Waals surface area contributed by atoms with E-state index in [9.17, 15) is 5.11 Å². The van der Waals surface area contributed by atoms with Crippen LogP contribution in [-0.4, -0.2) is 5.11 Å². The highest BCUT2D eigenvalue weighted by molar-refractivity contribution is 6.32. The van der Waals surface area contributed by atoms with Crippen molar-refractivity contribution in [3.8, 4) is 5.75 Å². The molecule has 0 amide bonds. The third-order valence-electron chi connectivity index (χ3n) is 7.33. The molecule has 35 heavy (non-hydrogen) atoms. The van der Waals surface area contributed by atoms with Gasteiger partial charge in [-0.1, -0.05) is 106 Å². The molecule has 0 saturated carbocycles. The van der Waals surface area contributed by atoms with Gasteiger partial charge in [0.15, 0.2) is 0 Å². The average Bonchev–Trinajstić information content (AvgIpc) is 2.91. The van der Waals surface area contributed by atoms with Gasteiger partial charge in [0, 0.05) is 5.92 Å². The van der Waals surface area contributed by atoms with Gasteiger partial charge in [0.2, 0.25) is 0 Å². The zero-order valence-corrected chi connectivity index (χ0v) is 20.3. The summed E-state index contributed by atoms with van der Waals surface area (Å²) >= 11 is 0. The van der Waals surface area contributed by atoms with Crippen molar-refractivity contribution in [2.24, 2.45) is 0 Å². The van der Waals surface area contributed by atoms with Gasteiger partial charge in [-0.25, -0.2) is 0 Å². The van der Waals surface area contributed by atoms with Gasteiger partial charge in [0.1, 0.15) is 5.75 Å². The molecule has 1 unspecified atom stereocenters. The Morgan fingerprint density at radius 3 is 1.74 bits per heavy atom. The van der Waals surface area contributed by atoms with E-state index in [1.165, 1.54) is 54.2 Å². The van der Waals surface area contributed by atoms with Crippen molar-refractivity contribution in [3.63, 3.8) is 0 Å². The lowest BCUT2D eigenvalue weighted by atomic mass is 9.85. The van der Waals surface area contributed by atoms with Gasteiger partial charge in [0.05, 0.1) is 0 Å². The number of rotatable bonds is 2. The zero-order valence-electron chi connectivity index (χ0n) is 20.3. The molecule has 170 valence electrons. The molecule has 0 aliphatic carbocycles. The topological polar surface area (TPSA) is 20.2 Å². The summed E-state index contributed by atoms with van der Waals surface area (Å²) in [6.07, 6.45) is 0. The van der Waals surface area contributed by atoms with E-state index in [1.807, 2.05) is 26.0 Å². The third kappa shape index (κ3) is 3.31. The van der Waals surface area contributed by atoms with Crippen molar-refractivity contribution < 1.29 is 5.11 Å². The molecule has 7 aromatic carbocycles. The van der Waals surface area contributed by atoms with Crippen molar-refractivity contribution in [2.45, 2.75) is 26.7 Å². The van der Waals surface area contributed by atoms with E-state index in [1.54, 1.807) is 6.07 Å². The van der Waals surface area contributed by atoms with E-state index in [-0.39, 0.29) is 5.92 Å². The fourth-order valence-electron chi connectivity index (χ4n) is 5.64. The summed E-state index contributed by atoms with van der Waals surface area (Å²) in [5.74, 6) is 0.561. The predicted molar refractivity (Wildman–Crippen MR) is 152 cm³/mol. The summed E-state index contributed by atoms with van der Waals surface area (Å²) in [5, 5.41) is 22.6. The van der Waals surface area contributed by atoms with Crippen LogP contribution in [0.1, 0.15) is 37.8 Å². The molecule has 0 aromatic heterocycles. The highest BCUT2D eigenvalue weighted by Gasteiger charge is 2.16. The fourth-order valence-corrected chi connectivity index (χ4v) is 5.64. The molecule has 1 heteroatoms. The molecule has 0 radical (unpaired) electrons. The van der Waals surface area contributed by atoms with Gasteiger partial charge in [-0.15, -0.1) is 0 Å². The molecule has 0 aliphatic heterocycles. The van der Waals surface area contributed by atoms with Crippen LogP contribution in [0.2, 0.25) is 0 Å². The Hall–Kier alpha value is -4.10. The standard InChI is InChI=1S/C32H22O.C2H6/c1-19(21-11-12-23-17-26(33)14-13-22(23)15-21)25-16-24-7-4-9-28-27-8-2-5-20-6-3-10-29(31(20)27)30(18-25)32(24)28;1-2/h2-19,33H,1H3;1-2H3. The number of hydrogen-bond donors (Lipinski definition) is 1. The Balaban J connectivity index is 0.00000112. The molecule has 1 N–H and O–H groups in total. The lowest BCUT2D eigenvalue weighted by Crippen LogP contribution is -1.97. The zero-order chi connectivity index (χ0) is 24.1. The van der Waals surface area contributed by atoms with Crippen molar-refractivity contribution in [2.75, 3.05) is 0 Å². The number of aromatic hydroxyl groups is 1. The molecule has 0 fully saturated rings. The maximum absolute atomic E-state index is 9.81. The van der Waals surface area contributed by atoms with E-state index < -0.39 is 0 Å². The minimum atomic E-state index is 0.254. The van der Waals surface area contributed by atoms with E-state index >= 15 is 0 Å². The summed E-state index contributed by atoms with van der Waals surface area (Å²) in [4.78, 5) is 0. The minimum absolute atomic E-state index is 0.254. The maximum atomic E-state index is 9.81. The van der Waals surface area contributed by atoms with Crippen LogP contribution in [0.15, 0.2) is 103 Å². The predicted octanol–water partition coefficient (Wildman–Crippen LogP) is 9.77.